The van der Waals surface area contributed by atoms with Crippen LogP contribution in [-0.2, 0) is 6.42 Å². The molecule has 0 aromatic heterocycles. The molecule has 1 N–H and O–H groups in total. The molecule has 1 nitrogen and oxygen atoms in total. The van der Waals surface area contributed by atoms with Gasteiger partial charge in [-0.2, -0.15) is 0 Å². The molecule has 0 aliphatic carbocycles. The number of rotatable bonds is 5. The van der Waals surface area contributed by atoms with Crippen molar-refractivity contribution in [2.75, 3.05) is 7.05 Å². The van der Waals surface area contributed by atoms with Crippen molar-refractivity contribution < 1.29 is 4.39 Å². The molecule has 1 aromatic rings. The first-order chi connectivity index (χ1) is 7.13. The summed E-state index contributed by atoms with van der Waals surface area (Å²) in [5, 5.41) is 3.17. The fraction of sp³-hybridized carbons (Fsp3) is 0.500. The predicted molar refractivity (Wildman–Crippen MR) is 65.6 cm³/mol. The molecule has 0 fully saturated rings. The monoisotopic (exact) mass is 273 g/mol. The highest BCUT2D eigenvalue weighted by atomic mass is 79.9. The van der Waals surface area contributed by atoms with Crippen molar-refractivity contribution in [3.8, 4) is 0 Å². The second-order valence-corrected chi connectivity index (χ2v) is 4.73. The van der Waals surface area contributed by atoms with E-state index in [-0.39, 0.29) is 5.82 Å². The Kier molecular flexibility index (Phi) is 5.26. The molecule has 84 valence electrons. The summed E-state index contributed by atoms with van der Waals surface area (Å²) < 4.78 is 14.2. The average Bonchev–Trinajstić information content (AvgIpc) is 2.21. The largest absolute Gasteiger partial charge is 0.317 e. The van der Waals surface area contributed by atoms with E-state index >= 15 is 0 Å². The summed E-state index contributed by atoms with van der Waals surface area (Å²) in [6, 6.07) is 5.77. The highest BCUT2D eigenvalue weighted by molar-refractivity contribution is 9.10. The van der Waals surface area contributed by atoms with Crippen LogP contribution in [0.1, 0.15) is 25.3 Å². The van der Waals surface area contributed by atoms with E-state index in [9.17, 15) is 4.39 Å². The summed E-state index contributed by atoms with van der Waals surface area (Å²) in [5.74, 6) is -0.110. The van der Waals surface area contributed by atoms with Crippen LogP contribution < -0.4 is 5.32 Å². The molecule has 15 heavy (non-hydrogen) atoms. The number of aryl methyl sites for hydroxylation is 1. The van der Waals surface area contributed by atoms with E-state index in [1.165, 1.54) is 6.07 Å². The third-order valence-corrected chi connectivity index (χ3v) is 3.08. The minimum absolute atomic E-state index is 0.110. The van der Waals surface area contributed by atoms with Crippen molar-refractivity contribution in [3.05, 3.63) is 34.1 Å². The molecule has 0 amide bonds. The third-order valence-electron chi connectivity index (χ3n) is 2.59. The lowest BCUT2D eigenvalue weighted by Crippen LogP contribution is -2.20. The molecule has 0 saturated carbocycles. The molecule has 3 heteroatoms. The topological polar surface area (TPSA) is 12.0 Å². The van der Waals surface area contributed by atoms with Gasteiger partial charge in [-0.25, -0.2) is 4.39 Å². The Morgan fingerprint density at radius 3 is 2.80 bits per heavy atom. The first-order valence-electron chi connectivity index (χ1n) is 5.24. The summed E-state index contributed by atoms with van der Waals surface area (Å²) in [6.07, 6.45) is 2.90. The third kappa shape index (κ3) is 4.31. The van der Waals surface area contributed by atoms with Crippen LogP contribution in [0.4, 0.5) is 4.39 Å². The summed E-state index contributed by atoms with van der Waals surface area (Å²) >= 11 is 3.25. The van der Waals surface area contributed by atoms with Gasteiger partial charge in [0.15, 0.2) is 0 Å². The zero-order valence-corrected chi connectivity index (χ0v) is 10.8. The molecule has 1 aromatic carbocycles. The van der Waals surface area contributed by atoms with E-state index in [1.54, 1.807) is 0 Å². The lowest BCUT2D eigenvalue weighted by atomic mass is 10.1. The second kappa shape index (κ2) is 6.23. The smallest absolute Gasteiger partial charge is 0.127 e. The molecule has 0 saturated heterocycles. The molecule has 0 aliphatic rings. The van der Waals surface area contributed by atoms with Gasteiger partial charge >= 0.3 is 0 Å². The van der Waals surface area contributed by atoms with Crippen molar-refractivity contribution in [2.24, 2.45) is 0 Å². The molecular weight excluding hydrogens is 257 g/mol. The van der Waals surface area contributed by atoms with E-state index in [1.807, 2.05) is 19.2 Å². The Bertz CT molecular complexity index is 314. The maximum absolute atomic E-state index is 13.4. The molecule has 0 heterocycles. The van der Waals surface area contributed by atoms with Gasteiger partial charge in [0.05, 0.1) is 0 Å². The Labute approximate surface area is 99.2 Å². The van der Waals surface area contributed by atoms with Crippen molar-refractivity contribution in [1.29, 1.82) is 0 Å². The summed E-state index contributed by atoms with van der Waals surface area (Å²) in [7, 11) is 1.95. The highest BCUT2D eigenvalue weighted by Crippen LogP contribution is 2.17. The van der Waals surface area contributed by atoms with E-state index in [4.69, 9.17) is 0 Å². The van der Waals surface area contributed by atoms with Gasteiger partial charge in [-0.15, -0.1) is 0 Å². The Morgan fingerprint density at radius 2 is 2.20 bits per heavy atom. The number of hydrogen-bond acceptors (Lipinski definition) is 1. The molecule has 0 bridgehead atoms. The summed E-state index contributed by atoms with van der Waals surface area (Å²) in [6.45, 7) is 2.14. The second-order valence-electron chi connectivity index (χ2n) is 3.82. The molecular formula is C12H17BrFN. The van der Waals surface area contributed by atoms with E-state index in [0.717, 1.165) is 29.3 Å². The standard InChI is InChI=1S/C12H17BrFN/c1-9(15-2)4-3-5-10-6-7-11(13)8-12(10)14/h6-9,15H,3-5H2,1-2H3. The maximum Gasteiger partial charge on any atom is 0.127 e. The fourth-order valence-electron chi connectivity index (χ4n) is 1.47. The van der Waals surface area contributed by atoms with Gasteiger partial charge in [0, 0.05) is 10.5 Å². The first-order valence-corrected chi connectivity index (χ1v) is 6.04. The lowest BCUT2D eigenvalue weighted by molar-refractivity contribution is 0.533. The molecule has 1 unspecified atom stereocenters. The van der Waals surface area contributed by atoms with Crippen LogP contribution >= 0.6 is 15.9 Å². The van der Waals surface area contributed by atoms with E-state index in [0.29, 0.717) is 6.04 Å². The van der Waals surface area contributed by atoms with Crippen LogP contribution in [0, 0.1) is 5.82 Å². The number of hydrogen-bond donors (Lipinski definition) is 1. The molecule has 0 aliphatic heterocycles. The van der Waals surface area contributed by atoms with E-state index in [2.05, 4.69) is 28.2 Å². The van der Waals surface area contributed by atoms with Crippen LogP contribution in [0.15, 0.2) is 22.7 Å². The van der Waals surface area contributed by atoms with Gasteiger partial charge in [-0.05, 0) is 50.9 Å². The van der Waals surface area contributed by atoms with Gasteiger partial charge in [-0.3, -0.25) is 0 Å². The number of nitrogens with one attached hydrogen (secondary N) is 1. The van der Waals surface area contributed by atoms with Crippen molar-refractivity contribution in [3.63, 3.8) is 0 Å². The molecule has 1 rings (SSSR count). The minimum atomic E-state index is -0.110. The average molecular weight is 274 g/mol. The normalized spacial score (nSPS) is 12.8. The number of benzene rings is 1. The van der Waals surface area contributed by atoms with Gasteiger partial charge < -0.3 is 5.32 Å². The molecule has 0 radical (unpaired) electrons. The van der Waals surface area contributed by atoms with Gasteiger partial charge in [-0.1, -0.05) is 22.0 Å². The SMILES string of the molecule is CNC(C)CCCc1ccc(Br)cc1F. The van der Waals surface area contributed by atoms with Crippen molar-refractivity contribution in [2.45, 2.75) is 32.2 Å². The van der Waals surface area contributed by atoms with Crippen molar-refractivity contribution >= 4 is 15.9 Å². The zero-order chi connectivity index (χ0) is 11.3. The zero-order valence-electron chi connectivity index (χ0n) is 9.19. The van der Waals surface area contributed by atoms with Crippen LogP contribution in [0.25, 0.3) is 0 Å². The van der Waals surface area contributed by atoms with Gasteiger partial charge in [0.1, 0.15) is 5.82 Å². The summed E-state index contributed by atoms with van der Waals surface area (Å²) in [5.41, 5.74) is 0.807. The molecule has 1 atom stereocenters. The van der Waals surface area contributed by atoms with Gasteiger partial charge in [0.25, 0.3) is 0 Å². The maximum atomic E-state index is 13.4. The van der Waals surface area contributed by atoms with Crippen molar-refractivity contribution in [1.82, 2.24) is 5.32 Å². The fourth-order valence-corrected chi connectivity index (χ4v) is 1.80. The lowest BCUT2D eigenvalue weighted by Gasteiger charge is -2.09. The van der Waals surface area contributed by atoms with Crippen LogP contribution in [0.3, 0.4) is 0 Å². The van der Waals surface area contributed by atoms with Gasteiger partial charge in [0.2, 0.25) is 0 Å². The van der Waals surface area contributed by atoms with Crippen LogP contribution in [0.2, 0.25) is 0 Å². The molecule has 0 spiro atoms. The Hall–Kier alpha value is -0.410. The minimum Gasteiger partial charge on any atom is -0.317 e. The first kappa shape index (κ1) is 12.7. The Balaban J connectivity index is 2.44. The summed E-state index contributed by atoms with van der Waals surface area (Å²) in [4.78, 5) is 0. The Morgan fingerprint density at radius 1 is 1.47 bits per heavy atom. The highest BCUT2D eigenvalue weighted by Gasteiger charge is 2.04. The predicted octanol–water partition coefficient (Wildman–Crippen LogP) is 3.52. The van der Waals surface area contributed by atoms with Crippen LogP contribution in [-0.4, -0.2) is 13.1 Å². The van der Waals surface area contributed by atoms with Crippen LogP contribution in [0.5, 0.6) is 0 Å². The van der Waals surface area contributed by atoms with E-state index < -0.39 is 0 Å². The number of halogens is 2. The quantitative estimate of drug-likeness (QED) is 0.866.